The van der Waals surface area contributed by atoms with Crippen molar-refractivity contribution >= 4 is 11.8 Å². The van der Waals surface area contributed by atoms with Gasteiger partial charge < -0.3 is 24.5 Å². The highest BCUT2D eigenvalue weighted by Crippen LogP contribution is 2.55. The van der Waals surface area contributed by atoms with Crippen molar-refractivity contribution in [3.63, 3.8) is 0 Å². The van der Waals surface area contributed by atoms with E-state index in [1.165, 1.54) is 19.1 Å². The summed E-state index contributed by atoms with van der Waals surface area (Å²) in [7, 11) is 2.97. The van der Waals surface area contributed by atoms with Crippen LogP contribution in [0.1, 0.15) is 18.4 Å². The normalized spacial score (nSPS) is 23.5. The van der Waals surface area contributed by atoms with E-state index in [0.29, 0.717) is 22.6 Å². The maximum atomic E-state index is 12.4. The molecule has 1 saturated carbocycles. The minimum Gasteiger partial charge on any atom is -0.497 e. The molecule has 0 saturated heterocycles. The van der Waals surface area contributed by atoms with Crippen LogP contribution in [0.4, 0.5) is 4.79 Å². The lowest BCUT2D eigenvalue weighted by molar-refractivity contribution is 0.0991. The first-order valence-corrected chi connectivity index (χ1v) is 10.1. The highest BCUT2D eigenvalue weighted by molar-refractivity contribution is 6.01. The van der Waals surface area contributed by atoms with Crippen LogP contribution in [0, 0.1) is 56.7 Å². The van der Waals surface area contributed by atoms with Gasteiger partial charge in [-0.05, 0) is 30.7 Å². The summed E-state index contributed by atoms with van der Waals surface area (Å²) in [5.74, 6) is -1.57. The van der Waals surface area contributed by atoms with E-state index in [-0.39, 0.29) is 25.4 Å². The third-order valence-corrected chi connectivity index (χ3v) is 6.09. The molecule has 1 fully saturated rings. The van der Waals surface area contributed by atoms with Crippen LogP contribution in [0.25, 0.3) is 0 Å². The first kappa shape index (κ1) is 22.7. The molecular formula is C23H23N5O4. The van der Waals surface area contributed by atoms with Gasteiger partial charge in [0.05, 0.1) is 44.7 Å². The van der Waals surface area contributed by atoms with E-state index in [9.17, 15) is 20.6 Å². The summed E-state index contributed by atoms with van der Waals surface area (Å²) in [5, 5.41) is 38.9. The Balaban J connectivity index is 2.28. The predicted molar refractivity (Wildman–Crippen MR) is 113 cm³/mol. The number of fused-ring (bicyclic) bond motifs is 1. The van der Waals surface area contributed by atoms with Crippen LogP contribution >= 0.6 is 0 Å². The summed E-state index contributed by atoms with van der Waals surface area (Å²) in [5.41, 5.74) is -1.08. The first-order valence-electron chi connectivity index (χ1n) is 10.1. The minimum atomic E-state index is -1.93. The Morgan fingerprint density at radius 2 is 1.97 bits per heavy atom. The molecule has 0 spiro atoms. The third kappa shape index (κ3) is 3.40. The highest BCUT2D eigenvalue weighted by Gasteiger charge is 2.58. The van der Waals surface area contributed by atoms with Gasteiger partial charge in [0.15, 0.2) is 5.41 Å². The number of rotatable bonds is 4. The predicted octanol–water partition coefficient (Wildman–Crippen LogP) is 3.01. The molecule has 0 radical (unpaired) electrons. The van der Waals surface area contributed by atoms with E-state index < -0.39 is 29.3 Å². The molecule has 3 rings (SSSR count). The number of amides is 1. The fraction of sp³-hybridized carbons (Fsp3) is 0.435. The molecule has 0 bridgehead atoms. The third-order valence-electron chi connectivity index (χ3n) is 6.09. The van der Waals surface area contributed by atoms with Crippen LogP contribution in [0.15, 0.2) is 29.8 Å². The summed E-state index contributed by atoms with van der Waals surface area (Å²) in [6.07, 6.45) is 1.21. The number of nitrogens with zero attached hydrogens (tertiary/aromatic N) is 4. The molecule has 1 unspecified atom stereocenters. The SMILES string of the molecule is CCOC(=O)N1CC=C2C(C#N)C(=N)C(C#N)(C#N)[C@H](c3cc(OC)ccc3OC)[C@@H]2C1. The number of methoxy groups -OCH3 is 2. The highest BCUT2D eigenvalue weighted by atomic mass is 16.6. The molecule has 1 amide bonds. The van der Waals surface area contributed by atoms with E-state index in [0.717, 1.165) is 0 Å². The molecule has 1 aliphatic carbocycles. The lowest BCUT2D eigenvalue weighted by atomic mass is 9.54. The van der Waals surface area contributed by atoms with Crippen molar-refractivity contribution in [1.82, 2.24) is 4.90 Å². The molecule has 1 aliphatic heterocycles. The molecular weight excluding hydrogens is 410 g/mol. The number of nitrogens with one attached hydrogen (secondary N) is 1. The minimum absolute atomic E-state index is 0.131. The van der Waals surface area contributed by atoms with Crippen LogP contribution in [0.2, 0.25) is 0 Å². The van der Waals surface area contributed by atoms with Crippen molar-refractivity contribution in [2.24, 2.45) is 17.3 Å². The molecule has 32 heavy (non-hydrogen) atoms. The molecule has 3 atom stereocenters. The molecule has 9 nitrogen and oxygen atoms in total. The first-order chi connectivity index (χ1) is 15.4. The standard InChI is InChI=1S/C23H23N5O4/c1-4-32-22(29)28-8-7-15-17(10-24)21(27)23(12-25,13-26)20(18(15)11-28)16-9-14(30-2)5-6-19(16)31-3/h5-7,9,17-18,20,27H,4,8,11H2,1-3H3/t17?,18-,20-/m1/s1. The molecule has 1 aromatic rings. The van der Waals surface area contributed by atoms with E-state index in [2.05, 4.69) is 6.07 Å². The molecule has 2 aliphatic rings. The van der Waals surface area contributed by atoms with Gasteiger partial charge in [0, 0.05) is 30.5 Å². The lowest BCUT2D eigenvalue weighted by Gasteiger charge is -2.47. The number of ether oxygens (including phenoxy) is 3. The largest absolute Gasteiger partial charge is 0.497 e. The number of carbonyl (C=O) groups excluding carboxylic acids is 1. The second kappa shape index (κ2) is 8.99. The van der Waals surface area contributed by atoms with Crippen molar-refractivity contribution in [2.45, 2.75) is 12.8 Å². The molecule has 1 N–H and O–H groups in total. The zero-order chi connectivity index (χ0) is 23.5. The Bertz CT molecular complexity index is 1080. The number of hydrogen-bond donors (Lipinski definition) is 1. The van der Waals surface area contributed by atoms with Crippen LogP contribution < -0.4 is 9.47 Å². The molecule has 9 heteroatoms. The van der Waals surface area contributed by atoms with E-state index >= 15 is 0 Å². The summed E-state index contributed by atoms with van der Waals surface area (Å²) in [4.78, 5) is 13.9. The summed E-state index contributed by atoms with van der Waals surface area (Å²) in [6.45, 7) is 2.25. The van der Waals surface area contributed by atoms with Gasteiger partial charge in [-0.2, -0.15) is 15.8 Å². The number of hydrogen-bond acceptors (Lipinski definition) is 8. The van der Waals surface area contributed by atoms with E-state index in [1.807, 2.05) is 12.1 Å². The Labute approximate surface area is 186 Å². The van der Waals surface area contributed by atoms with Crippen LogP contribution in [0.5, 0.6) is 11.5 Å². The molecule has 1 heterocycles. The van der Waals surface area contributed by atoms with Gasteiger partial charge in [0.25, 0.3) is 0 Å². The Morgan fingerprint density at radius 1 is 1.25 bits per heavy atom. The fourth-order valence-corrected chi connectivity index (χ4v) is 4.60. The Morgan fingerprint density at radius 3 is 2.53 bits per heavy atom. The fourth-order valence-electron chi connectivity index (χ4n) is 4.60. The zero-order valence-electron chi connectivity index (χ0n) is 18.1. The Kier molecular flexibility index (Phi) is 6.37. The second-order valence-corrected chi connectivity index (χ2v) is 7.51. The number of carbonyl (C=O) groups is 1. The molecule has 0 aromatic heterocycles. The summed E-state index contributed by atoms with van der Waals surface area (Å²) < 4.78 is 16.0. The topological polar surface area (TPSA) is 143 Å². The van der Waals surface area contributed by atoms with Crippen LogP contribution in [-0.2, 0) is 4.74 Å². The van der Waals surface area contributed by atoms with Gasteiger partial charge in [0.2, 0.25) is 0 Å². The van der Waals surface area contributed by atoms with Crippen molar-refractivity contribution in [3.8, 4) is 29.7 Å². The van der Waals surface area contributed by atoms with E-state index in [1.54, 1.807) is 31.2 Å². The van der Waals surface area contributed by atoms with Gasteiger partial charge in [-0.3, -0.25) is 0 Å². The quantitative estimate of drug-likeness (QED) is 0.719. The summed E-state index contributed by atoms with van der Waals surface area (Å²) >= 11 is 0. The van der Waals surface area contributed by atoms with E-state index in [4.69, 9.17) is 19.6 Å². The summed E-state index contributed by atoms with van der Waals surface area (Å²) in [6, 6.07) is 11.2. The van der Waals surface area contributed by atoms with Crippen LogP contribution in [0.3, 0.4) is 0 Å². The maximum absolute atomic E-state index is 12.4. The molecule has 164 valence electrons. The zero-order valence-corrected chi connectivity index (χ0v) is 18.1. The average molecular weight is 433 g/mol. The monoisotopic (exact) mass is 433 g/mol. The van der Waals surface area contributed by atoms with Gasteiger partial charge >= 0.3 is 6.09 Å². The van der Waals surface area contributed by atoms with Crippen molar-refractivity contribution in [1.29, 1.82) is 21.2 Å². The number of benzene rings is 1. The smallest absolute Gasteiger partial charge is 0.410 e. The second-order valence-electron chi connectivity index (χ2n) is 7.51. The van der Waals surface area contributed by atoms with Crippen molar-refractivity contribution in [2.75, 3.05) is 33.9 Å². The maximum Gasteiger partial charge on any atom is 0.410 e. The van der Waals surface area contributed by atoms with Crippen molar-refractivity contribution in [3.05, 3.63) is 35.4 Å². The number of nitriles is 3. The molecule has 1 aromatic carbocycles. The average Bonchev–Trinajstić information content (AvgIpc) is 2.82. The lowest BCUT2D eigenvalue weighted by Crippen LogP contribution is -2.53. The Hall–Kier alpha value is -4.03. The van der Waals surface area contributed by atoms with Crippen LogP contribution in [-0.4, -0.2) is 50.6 Å². The van der Waals surface area contributed by atoms with Crippen molar-refractivity contribution < 1.29 is 19.0 Å². The van der Waals surface area contributed by atoms with Gasteiger partial charge in [-0.25, -0.2) is 4.79 Å². The van der Waals surface area contributed by atoms with Gasteiger partial charge in [-0.15, -0.1) is 0 Å². The van der Waals surface area contributed by atoms with Gasteiger partial charge in [0.1, 0.15) is 17.4 Å². The van der Waals surface area contributed by atoms with Gasteiger partial charge in [-0.1, -0.05) is 6.08 Å².